The van der Waals surface area contributed by atoms with E-state index in [1.807, 2.05) is 6.07 Å². The minimum absolute atomic E-state index is 0.136. The largest absolute Gasteiger partial charge is 0.508 e. The SMILES string of the molecule is O=c1[nH]c2c(cc1S(=O)(=O)c1ccccc1)C[C@H]1[C@H]3Cc4ccc(O)cc4C1(CCN3CC1CC1)C2. The summed E-state index contributed by atoms with van der Waals surface area (Å²) in [5.41, 5.74) is 3.57. The molecule has 4 aliphatic rings. The average Bonchev–Trinajstić information content (AvgIpc) is 3.69. The first-order chi connectivity index (χ1) is 17.3. The van der Waals surface area contributed by atoms with Gasteiger partial charge in [-0.2, -0.15) is 0 Å². The Morgan fingerprint density at radius 3 is 2.61 bits per heavy atom. The monoisotopic (exact) mass is 502 g/mol. The molecule has 1 saturated carbocycles. The molecule has 1 saturated heterocycles. The predicted molar refractivity (Wildman–Crippen MR) is 136 cm³/mol. The molecule has 2 fully saturated rings. The number of hydrogen-bond donors (Lipinski definition) is 2. The highest BCUT2D eigenvalue weighted by molar-refractivity contribution is 7.91. The summed E-state index contributed by atoms with van der Waals surface area (Å²) >= 11 is 0. The van der Waals surface area contributed by atoms with Gasteiger partial charge < -0.3 is 10.1 Å². The van der Waals surface area contributed by atoms with Crippen molar-refractivity contribution in [2.75, 3.05) is 13.1 Å². The van der Waals surface area contributed by atoms with Crippen LogP contribution in [0.5, 0.6) is 5.75 Å². The molecule has 36 heavy (non-hydrogen) atoms. The number of fused-ring (bicyclic) bond motifs is 2. The molecule has 186 valence electrons. The molecule has 3 aliphatic carbocycles. The number of sulfone groups is 1. The van der Waals surface area contributed by atoms with Gasteiger partial charge in [-0.1, -0.05) is 24.3 Å². The lowest BCUT2D eigenvalue weighted by Gasteiger charge is -2.59. The molecule has 0 radical (unpaired) electrons. The second-order valence-electron chi connectivity index (χ2n) is 11.2. The Morgan fingerprint density at radius 1 is 1.03 bits per heavy atom. The fourth-order valence-corrected chi connectivity index (χ4v) is 8.63. The molecule has 6 nitrogen and oxygen atoms in total. The Hall–Kier alpha value is -2.90. The van der Waals surface area contributed by atoms with E-state index in [4.69, 9.17) is 0 Å². The highest BCUT2D eigenvalue weighted by atomic mass is 32.2. The molecular weight excluding hydrogens is 472 g/mol. The zero-order valence-electron chi connectivity index (χ0n) is 20.1. The number of aromatic hydroxyl groups is 1. The van der Waals surface area contributed by atoms with Gasteiger partial charge >= 0.3 is 0 Å². The van der Waals surface area contributed by atoms with Crippen LogP contribution >= 0.6 is 0 Å². The molecule has 7 heteroatoms. The number of piperidine rings is 1. The molecule has 1 aromatic heterocycles. The van der Waals surface area contributed by atoms with E-state index >= 15 is 0 Å². The number of phenolic OH excluding ortho intramolecular Hbond substituents is 1. The first kappa shape index (κ1) is 22.3. The van der Waals surface area contributed by atoms with Crippen molar-refractivity contribution < 1.29 is 13.5 Å². The van der Waals surface area contributed by atoms with Gasteiger partial charge in [0.2, 0.25) is 9.84 Å². The van der Waals surface area contributed by atoms with Crippen LogP contribution < -0.4 is 5.56 Å². The van der Waals surface area contributed by atoms with Crippen LogP contribution in [0.1, 0.15) is 41.6 Å². The van der Waals surface area contributed by atoms with E-state index < -0.39 is 15.4 Å². The first-order valence-corrected chi connectivity index (χ1v) is 14.5. The first-order valence-electron chi connectivity index (χ1n) is 13.0. The second kappa shape index (κ2) is 7.80. The summed E-state index contributed by atoms with van der Waals surface area (Å²) in [7, 11) is -3.91. The lowest BCUT2D eigenvalue weighted by atomic mass is 9.52. The molecule has 1 aliphatic heterocycles. The number of likely N-dealkylation sites (tertiary alicyclic amines) is 1. The number of nitrogens with one attached hydrogen (secondary N) is 1. The zero-order chi connectivity index (χ0) is 24.7. The predicted octanol–water partition coefficient (Wildman–Crippen LogP) is 3.61. The number of phenols is 1. The van der Waals surface area contributed by atoms with Crippen molar-refractivity contribution in [3.63, 3.8) is 0 Å². The molecule has 2 N–H and O–H groups in total. The van der Waals surface area contributed by atoms with Crippen molar-refractivity contribution in [1.29, 1.82) is 0 Å². The van der Waals surface area contributed by atoms with Crippen molar-refractivity contribution in [2.45, 2.75) is 59.8 Å². The van der Waals surface area contributed by atoms with Gasteiger partial charge in [0.05, 0.1) is 4.90 Å². The third kappa shape index (κ3) is 3.32. The van der Waals surface area contributed by atoms with Crippen LogP contribution in [0.2, 0.25) is 0 Å². The maximum atomic E-state index is 13.3. The molecule has 7 rings (SSSR count). The third-order valence-corrected chi connectivity index (χ3v) is 11.0. The van der Waals surface area contributed by atoms with Gasteiger partial charge in [0.15, 0.2) is 0 Å². The maximum absolute atomic E-state index is 13.3. The van der Waals surface area contributed by atoms with Crippen LogP contribution in [-0.2, 0) is 34.5 Å². The van der Waals surface area contributed by atoms with Crippen LogP contribution in [0.3, 0.4) is 0 Å². The normalized spacial score (nSPS) is 27.1. The summed E-state index contributed by atoms with van der Waals surface area (Å²) in [4.78, 5) is 18.8. The Labute approximate surface area is 210 Å². The van der Waals surface area contributed by atoms with E-state index in [1.54, 1.807) is 30.3 Å². The van der Waals surface area contributed by atoms with E-state index in [1.165, 1.54) is 36.1 Å². The molecular formula is C29H30N2O4S. The van der Waals surface area contributed by atoms with Crippen LogP contribution in [0, 0.1) is 11.8 Å². The number of benzene rings is 2. The minimum atomic E-state index is -3.91. The third-order valence-electron chi connectivity index (χ3n) is 9.19. The number of rotatable bonds is 4. The average molecular weight is 503 g/mol. The van der Waals surface area contributed by atoms with E-state index in [0.717, 1.165) is 49.5 Å². The number of pyridine rings is 1. The topological polar surface area (TPSA) is 90.5 Å². The number of nitrogens with zero attached hydrogens (tertiary/aromatic N) is 1. The van der Waals surface area contributed by atoms with Crippen molar-refractivity contribution in [1.82, 2.24) is 9.88 Å². The Morgan fingerprint density at radius 2 is 1.83 bits per heavy atom. The van der Waals surface area contributed by atoms with Gasteiger partial charge in [0, 0.05) is 23.7 Å². The van der Waals surface area contributed by atoms with Crippen molar-refractivity contribution in [3.05, 3.63) is 87.3 Å². The van der Waals surface area contributed by atoms with Crippen LogP contribution in [-0.4, -0.2) is 42.5 Å². The molecule has 3 atom stereocenters. The van der Waals surface area contributed by atoms with Gasteiger partial charge in [-0.15, -0.1) is 0 Å². The van der Waals surface area contributed by atoms with E-state index in [9.17, 15) is 18.3 Å². The summed E-state index contributed by atoms with van der Waals surface area (Å²) in [5, 5.41) is 10.4. The summed E-state index contributed by atoms with van der Waals surface area (Å²) in [5.74, 6) is 1.39. The Kier molecular flexibility index (Phi) is 4.83. The van der Waals surface area contributed by atoms with Crippen LogP contribution in [0.15, 0.2) is 69.2 Å². The minimum Gasteiger partial charge on any atom is -0.508 e. The van der Waals surface area contributed by atoms with E-state index in [-0.39, 0.29) is 21.0 Å². The van der Waals surface area contributed by atoms with Crippen LogP contribution in [0.4, 0.5) is 0 Å². The molecule has 2 heterocycles. The highest BCUT2D eigenvalue weighted by Crippen LogP contribution is 2.55. The summed E-state index contributed by atoms with van der Waals surface area (Å²) in [6.45, 7) is 2.16. The van der Waals surface area contributed by atoms with Gasteiger partial charge in [0.25, 0.3) is 5.56 Å². The fourth-order valence-electron chi connectivity index (χ4n) is 7.27. The van der Waals surface area contributed by atoms with Crippen molar-refractivity contribution in [2.24, 2.45) is 11.8 Å². The van der Waals surface area contributed by atoms with Gasteiger partial charge in [0.1, 0.15) is 10.6 Å². The number of H-pyrrole nitrogens is 1. The Balaban J connectivity index is 1.35. The van der Waals surface area contributed by atoms with Gasteiger partial charge in [-0.05, 0) is 104 Å². The summed E-state index contributed by atoms with van der Waals surface area (Å²) < 4.78 is 26.7. The van der Waals surface area contributed by atoms with Crippen LogP contribution in [0.25, 0.3) is 0 Å². The number of aromatic nitrogens is 1. The van der Waals surface area contributed by atoms with Gasteiger partial charge in [-0.25, -0.2) is 8.42 Å². The standard InChI is InChI=1S/C29H30N2O4S/c32-21-9-8-19-13-26-24-12-20-14-27(36(34,35)22-4-2-1-3-5-22)28(33)30-25(20)16-29(24,23(19)15-21)10-11-31(26)17-18-6-7-18/h1-5,8-9,14-15,18,24,26,32H,6-7,10-13,16-17H2,(H,30,33)/t24-,26+,29?/m0/s1. The number of aromatic amines is 1. The van der Waals surface area contributed by atoms with Crippen molar-refractivity contribution >= 4 is 9.84 Å². The lowest BCUT2D eigenvalue weighted by Crippen LogP contribution is -2.63. The molecule has 2 bridgehead atoms. The molecule has 1 unspecified atom stereocenters. The second-order valence-corrected chi connectivity index (χ2v) is 13.1. The fraction of sp³-hybridized carbons (Fsp3) is 0.414. The van der Waals surface area contributed by atoms with Crippen molar-refractivity contribution in [3.8, 4) is 5.75 Å². The smallest absolute Gasteiger partial charge is 0.267 e. The summed E-state index contributed by atoms with van der Waals surface area (Å²) in [6, 6.07) is 16.0. The zero-order valence-corrected chi connectivity index (χ0v) is 20.9. The molecule has 2 aromatic carbocycles. The van der Waals surface area contributed by atoms with Gasteiger partial charge in [-0.3, -0.25) is 9.69 Å². The Bertz CT molecular complexity index is 1530. The molecule has 3 aromatic rings. The lowest BCUT2D eigenvalue weighted by molar-refractivity contribution is 0.00453. The maximum Gasteiger partial charge on any atom is 0.267 e. The highest BCUT2D eigenvalue weighted by Gasteiger charge is 2.55. The molecule has 0 amide bonds. The number of hydrogen-bond acceptors (Lipinski definition) is 5. The molecule has 0 spiro atoms. The summed E-state index contributed by atoms with van der Waals surface area (Å²) in [6.07, 6.45) is 5.94. The van der Waals surface area contributed by atoms with E-state index in [2.05, 4.69) is 16.0 Å². The quantitative estimate of drug-likeness (QED) is 0.569. The van der Waals surface area contributed by atoms with E-state index in [0.29, 0.717) is 18.4 Å².